The molecule has 14 heteroatoms. The predicted octanol–water partition coefficient (Wildman–Crippen LogP) is 3.99. The van der Waals surface area contributed by atoms with Gasteiger partial charge in [-0.2, -0.15) is 13.2 Å². The maximum atomic E-state index is 12.9. The Kier molecular flexibility index (Phi) is 6.24. The van der Waals surface area contributed by atoms with Crippen LogP contribution in [0.2, 0.25) is 5.02 Å². The SMILES string of the molecule is C[C@@H](NC(=O)c1csc(N)n1)c1ncc(C(=O)Nc2cc(C(F)(F)F)c(Cl)cn2)s1. The summed E-state index contributed by atoms with van der Waals surface area (Å²) in [5.41, 5.74) is 4.55. The fourth-order valence-electron chi connectivity index (χ4n) is 2.22. The van der Waals surface area contributed by atoms with Crippen molar-refractivity contribution >= 4 is 57.0 Å². The lowest BCUT2D eigenvalue weighted by atomic mass is 10.2. The maximum absolute atomic E-state index is 12.9. The molecule has 0 saturated carbocycles. The second kappa shape index (κ2) is 8.53. The van der Waals surface area contributed by atoms with Crippen LogP contribution in [-0.2, 0) is 6.18 Å². The Bertz CT molecular complexity index is 1100. The van der Waals surface area contributed by atoms with E-state index < -0.39 is 34.6 Å². The molecule has 30 heavy (non-hydrogen) atoms. The average Bonchev–Trinajstić information content (AvgIpc) is 3.31. The molecule has 0 bridgehead atoms. The highest BCUT2D eigenvalue weighted by Gasteiger charge is 2.34. The quantitative estimate of drug-likeness (QED) is 0.511. The van der Waals surface area contributed by atoms with Crippen LogP contribution in [0.5, 0.6) is 0 Å². The highest BCUT2D eigenvalue weighted by Crippen LogP contribution is 2.35. The lowest BCUT2D eigenvalue weighted by Gasteiger charge is -2.10. The smallest absolute Gasteiger partial charge is 0.375 e. The number of halogens is 4. The summed E-state index contributed by atoms with van der Waals surface area (Å²) in [5.74, 6) is -1.47. The van der Waals surface area contributed by atoms with Crippen molar-refractivity contribution in [3.05, 3.63) is 50.0 Å². The van der Waals surface area contributed by atoms with Gasteiger partial charge in [-0.15, -0.1) is 22.7 Å². The second-order valence-corrected chi connectivity index (χ2v) is 8.19. The lowest BCUT2D eigenvalue weighted by Crippen LogP contribution is -2.26. The molecule has 158 valence electrons. The third-order valence-corrected chi connectivity index (χ3v) is 5.78. The molecular formula is C16H12ClF3N6O2S2. The molecule has 2 amide bonds. The van der Waals surface area contributed by atoms with Crippen molar-refractivity contribution < 1.29 is 22.8 Å². The summed E-state index contributed by atoms with van der Waals surface area (Å²) in [4.78, 5) is 36.2. The number of hydrogen-bond donors (Lipinski definition) is 3. The molecule has 0 spiro atoms. The zero-order valence-corrected chi connectivity index (χ0v) is 17.3. The number of rotatable bonds is 5. The number of thiazole rings is 2. The van der Waals surface area contributed by atoms with Gasteiger partial charge in [-0.1, -0.05) is 11.6 Å². The number of nitrogens with two attached hydrogens (primary N) is 1. The van der Waals surface area contributed by atoms with Crippen molar-refractivity contribution in [3.8, 4) is 0 Å². The Hall–Kier alpha value is -2.77. The number of hydrogen-bond acceptors (Lipinski definition) is 8. The Morgan fingerprint density at radius 3 is 2.60 bits per heavy atom. The van der Waals surface area contributed by atoms with Gasteiger partial charge in [-0.3, -0.25) is 9.59 Å². The van der Waals surface area contributed by atoms with Gasteiger partial charge in [-0.05, 0) is 13.0 Å². The van der Waals surface area contributed by atoms with Crippen LogP contribution in [0.15, 0.2) is 23.8 Å². The van der Waals surface area contributed by atoms with E-state index in [1.54, 1.807) is 6.92 Å². The molecule has 0 aliphatic carbocycles. The molecule has 0 unspecified atom stereocenters. The summed E-state index contributed by atoms with van der Waals surface area (Å²) < 4.78 is 38.8. The predicted molar refractivity (Wildman–Crippen MR) is 107 cm³/mol. The van der Waals surface area contributed by atoms with Crippen LogP contribution in [0.3, 0.4) is 0 Å². The van der Waals surface area contributed by atoms with Gasteiger partial charge < -0.3 is 16.4 Å². The van der Waals surface area contributed by atoms with E-state index >= 15 is 0 Å². The van der Waals surface area contributed by atoms with Gasteiger partial charge >= 0.3 is 6.18 Å². The molecule has 3 aromatic heterocycles. The van der Waals surface area contributed by atoms with Crippen molar-refractivity contribution in [2.75, 3.05) is 11.1 Å². The van der Waals surface area contributed by atoms with Gasteiger partial charge in [-0.25, -0.2) is 15.0 Å². The van der Waals surface area contributed by atoms with E-state index in [2.05, 4.69) is 25.6 Å². The monoisotopic (exact) mass is 476 g/mol. The molecule has 0 aliphatic rings. The Morgan fingerprint density at radius 2 is 1.97 bits per heavy atom. The molecule has 3 heterocycles. The first-order valence-corrected chi connectivity index (χ1v) is 10.1. The number of nitrogens with one attached hydrogen (secondary N) is 2. The molecule has 3 aromatic rings. The zero-order chi connectivity index (χ0) is 22.1. The molecule has 0 saturated heterocycles. The van der Waals surface area contributed by atoms with Crippen LogP contribution in [0.4, 0.5) is 24.1 Å². The van der Waals surface area contributed by atoms with Gasteiger partial charge in [0.15, 0.2) is 5.13 Å². The highest BCUT2D eigenvalue weighted by molar-refractivity contribution is 7.14. The van der Waals surface area contributed by atoms with Crippen LogP contribution in [0.25, 0.3) is 0 Å². The minimum atomic E-state index is -4.69. The number of nitrogens with zero attached hydrogens (tertiary/aromatic N) is 3. The van der Waals surface area contributed by atoms with Crippen LogP contribution in [0.1, 0.15) is 43.7 Å². The number of nitrogen functional groups attached to an aromatic ring is 1. The Morgan fingerprint density at radius 1 is 1.23 bits per heavy atom. The standard InChI is InChI=1S/C16H12ClF3N6O2S2/c1-6(24-12(27)9-5-29-15(21)25-9)14-23-4-10(30-14)13(28)26-11-2-7(16(18,19)20)8(17)3-22-11/h2-6H,1H3,(H2,21,25)(H,24,27)(H,22,26,28)/t6-/m1/s1. The largest absolute Gasteiger partial charge is 0.418 e. The minimum absolute atomic E-state index is 0.120. The fraction of sp³-hybridized carbons (Fsp3) is 0.188. The van der Waals surface area contributed by atoms with Gasteiger partial charge in [0, 0.05) is 11.6 Å². The number of pyridine rings is 1. The van der Waals surface area contributed by atoms with Crippen molar-refractivity contribution in [2.45, 2.75) is 19.1 Å². The summed E-state index contributed by atoms with van der Waals surface area (Å²) in [7, 11) is 0. The molecule has 0 aliphatic heterocycles. The summed E-state index contributed by atoms with van der Waals surface area (Å²) in [5, 5.41) is 6.54. The average molecular weight is 477 g/mol. The topological polar surface area (TPSA) is 123 Å². The molecular weight excluding hydrogens is 465 g/mol. The molecule has 4 N–H and O–H groups in total. The summed E-state index contributed by atoms with van der Waals surface area (Å²) in [6.45, 7) is 1.66. The Balaban J connectivity index is 1.68. The van der Waals surface area contributed by atoms with E-state index in [4.69, 9.17) is 17.3 Å². The number of amides is 2. The van der Waals surface area contributed by atoms with Gasteiger partial charge in [0.05, 0.1) is 22.8 Å². The van der Waals surface area contributed by atoms with Crippen molar-refractivity contribution in [1.82, 2.24) is 20.3 Å². The van der Waals surface area contributed by atoms with Crippen LogP contribution >= 0.6 is 34.3 Å². The van der Waals surface area contributed by atoms with Crippen molar-refractivity contribution in [2.24, 2.45) is 0 Å². The van der Waals surface area contributed by atoms with E-state index in [9.17, 15) is 22.8 Å². The summed E-state index contributed by atoms with van der Waals surface area (Å²) in [6, 6.07) is 0.0994. The number of carbonyl (C=O) groups excluding carboxylic acids is 2. The van der Waals surface area contributed by atoms with E-state index in [1.165, 1.54) is 11.6 Å². The minimum Gasteiger partial charge on any atom is -0.375 e. The molecule has 3 rings (SSSR count). The fourth-order valence-corrected chi connectivity index (χ4v) is 3.79. The highest BCUT2D eigenvalue weighted by atomic mass is 35.5. The van der Waals surface area contributed by atoms with E-state index in [1.807, 2.05) is 0 Å². The first-order chi connectivity index (χ1) is 14.0. The molecule has 0 aromatic carbocycles. The van der Waals surface area contributed by atoms with E-state index in [-0.39, 0.29) is 21.5 Å². The zero-order valence-electron chi connectivity index (χ0n) is 15.0. The van der Waals surface area contributed by atoms with Gasteiger partial charge in [0.25, 0.3) is 11.8 Å². The number of aromatic nitrogens is 3. The lowest BCUT2D eigenvalue weighted by molar-refractivity contribution is -0.137. The van der Waals surface area contributed by atoms with E-state index in [0.29, 0.717) is 11.1 Å². The summed E-state index contributed by atoms with van der Waals surface area (Å²) in [6.07, 6.45) is -2.63. The number of anilines is 2. The van der Waals surface area contributed by atoms with Gasteiger partial charge in [0.2, 0.25) is 0 Å². The molecule has 0 fully saturated rings. The number of carbonyl (C=O) groups is 2. The Labute approximate surface area is 180 Å². The molecule has 0 radical (unpaired) electrons. The second-order valence-electron chi connectivity index (χ2n) is 5.83. The van der Waals surface area contributed by atoms with Crippen LogP contribution < -0.4 is 16.4 Å². The first kappa shape index (κ1) is 21.9. The number of alkyl halides is 3. The van der Waals surface area contributed by atoms with Crippen LogP contribution in [0, 0.1) is 0 Å². The van der Waals surface area contributed by atoms with E-state index in [0.717, 1.165) is 28.9 Å². The van der Waals surface area contributed by atoms with Crippen LogP contribution in [-0.4, -0.2) is 26.8 Å². The molecule has 8 nitrogen and oxygen atoms in total. The first-order valence-electron chi connectivity index (χ1n) is 8.06. The third-order valence-electron chi connectivity index (χ3n) is 3.62. The normalized spacial score (nSPS) is 12.4. The van der Waals surface area contributed by atoms with Crippen molar-refractivity contribution in [1.29, 1.82) is 0 Å². The molecule has 1 atom stereocenters. The van der Waals surface area contributed by atoms with Crippen molar-refractivity contribution in [3.63, 3.8) is 0 Å². The third kappa shape index (κ3) is 5.04. The van der Waals surface area contributed by atoms with Gasteiger partial charge in [0.1, 0.15) is 21.4 Å². The maximum Gasteiger partial charge on any atom is 0.418 e. The summed E-state index contributed by atoms with van der Waals surface area (Å²) >= 11 is 7.60.